The van der Waals surface area contributed by atoms with Crippen molar-refractivity contribution in [3.05, 3.63) is 18.2 Å². The maximum atomic E-state index is 12.7. The predicted octanol–water partition coefficient (Wildman–Crippen LogP) is -3.46. The van der Waals surface area contributed by atoms with Gasteiger partial charge in [0.25, 0.3) is 0 Å². The third-order valence-corrected chi connectivity index (χ3v) is 4.67. The van der Waals surface area contributed by atoms with Crippen LogP contribution < -0.4 is 21.7 Å². The lowest BCUT2D eigenvalue weighted by atomic mass is 10.1. The highest BCUT2D eigenvalue weighted by Crippen LogP contribution is 2.05. The second-order valence-electron chi connectivity index (χ2n) is 7.61. The number of carboxylic acid groups (broad SMARTS) is 3. The number of aliphatic hydroxyl groups is 1. The van der Waals surface area contributed by atoms with Gasteiger partial charge in [0.2, 0.25) is 17.7 Å². The first-order chi connectivity index (χ1) is 16.3. The Labute approximate surface area is 198 Å². The summed E-state index contributed by atoms with van der Waals surface area (Å²) in [5.74, 6) is -7.28. The van der Waals surface area contributed by atoms with Gasteiger partial charge in [-0.05, 0) is 13.3 Å². The zero-order chi connectivity index (χ0) is 26.7. The molecule has 1 rings (SSSR count). The summed E-state index contributed by atoms with van der Waals surface area (Å²) in [4.78, 5) is 77.2. The quantitative estimate of drug-likeness (QED) is 0.114. The molecule has 10 N–H and O–H groups in total. The van der Waals surface area contributed by atoms with Gasteiger partial charge in [-0.2, -0.15) is 0 Å². The summed E-state index contributed by atoms with van der Waals surface area (Å²) in [6.45, 7) is 1.13. The molecule has 5 atom stereocenters. The van der Waals surface area contributed by atoms with Gasteiger partial charge in [-0.25, -0.2) is 9.78 Å². The van der Waals surface area contributed by atoms with Crippen molar-refractivity contribution in [1.82, 2.24) is 25.9 Å². The zero-order valence-corrected chi connectivity index (χ0v) is 18.6. The number of amides is 3. The number of hydrogen-bond acceptors (Lipinski definition) is 9. The van der Waals surface area contributed by atoms with E-state index in [1.165, 1.54) is 12.5 Å². The van der Waals surface area contributed by atoms with Gasteiger partial charge in [-0.3, -0.25) is 24.0 Å². The average Bonchev–Trinajstić information content (AvgIpc) is 3.26. The molecule has 0 radical (unpaired) electrons. The van der Waals surface area contributed by atoms with Crippen LogP contribution in [0.5, 0.6) is 0 Å². The number of nitrogens with one attached hydrogen (secondary N) is 4. The Kier molecular flexibility index (Phi) is 11.3. The van der Waals surface area contributed by atoms with Crippen molar-refractivity contribution < 1.29 is 49.2 Å². The Morgan fingerprint density at radius 3 is 2.09 bits per heavy atom. The summed E-state index contributed by atoms with van der Waals surface area (Å²) in [7, 11) is 0. The van der Waals surface area contributed by atoms with Crippen LogP contribution in [0.4, 0.5) is 0 Å². The molecular weight excluding hydrogens is 472 g/mol. The van der Waals surface area contributed by atoms with Gasteiger partial charge in [-0.15, -0.1) is 0 Å². The van der Waals surface area contributed by atoms with E-state index in [-0.39, 0.29) is 6.42 Å². The Hall–Kier alpha value is -4.05. The van der Waals surface area contributed by atoms with E-state index >= 15 is 0 Å². The highest BCUT2D eigenvalue weighted by molar-refractivity contribution is 5.95. The number of aliphatic hydroxyl groups excluding tert-OH is 1. The number of nitrogens with zero attached hydrogens (tertiary/aromatic N) is 1. The topological polar surface area (TPSA) is 274 Å². The lowest BCUT2D eigenvalue weighted by molar-refractivity contribution is -0.143. The normalized spacial score (nSPS) is 15.1. The minimum atomic E-state index is -1.68. The molecule has 0 aliphatic heterocycles. The highest BCUT2D eigenvalue weighted by atomic mass is 16.4. The van der Waals surface area contributed by atoms with Gasteiger partial charge in [0, 0.05) is 24.7 Å². The molecule has 1 heterocycles. The van der Waals surface area contributed by atoms with Crippen LogP contribution in [0.1, 0.15) is 31.9 Å². The molecule has 0 spiro atoms. The summed E-state index contributed by atoms with van der Waals surface area (Å²) >= 11 is 0. The Bertz CT molecular complexity index is 919. The number of carbonyl (C=O) groups is 6. The predicted molar refractivity (Wildman–Crippen MR) is 114 cm³/mol. The minimum Gasteiger partial charge on any atom is -0.481 e. The molecule has 16 heteroatoms. The van der Waals surface area contributed by atoms with Gasteiger partial charge in [0.1, 0.15) is 18.1 Å². The highest BCUT2D eigenvalue weighted by Gasteiger charge is 2.33. The van der Waals surface area contributed by atoms with Crippen LogP contribution >= 0.6 is 0 Å². The minimum absolute atomic E-state index is 0.186. The molecule has 0 bridgehead atoms. The van der Waals surface area contributed by atoms with E-state index in [4.69, 9.17) is 15.9 Å². The lowest BCUT2D eigenvalue weighted by Gasteiger charge is -2.26. The van der Waals surface area contributed by atoms with E-state index in [1.807, 2.05) is 0 Å². The monoisotopic (exact) mass is 500 g/mol. The smallest absolute Gasteiger partial charge is 0.326 e. The van der Waals surface area contributed by atoms with Crippen molar-refractivity contribution in [2.45, 2.75) is 62.9 Å². The standard InChI is InChI=1S/C19H28N6O10/c1-8(26)15(25-16(31)10(20)5-14(29)30)18(33)23-11(2-3-13(27)28)17(32)24-12(19(34)35)4-9-6-21-7-22-9/h6-8,10-12,15,26H,2-5,20H2,1H3,(H,21,22)(H,23,33)(H,24,32)(H,25,31)(H,27,28)(H,29,30)(H,34,35). The van der Waals surface area contributed by atoms with Crippen LogP contribution in [0.3, 0.4) is 0 Å². The zero-order valence-electron chi connectivity index (χ0n) is 18.6. The lowest BCUT2D eigenvalue weighted by Crippen LogP contribution is -2.60. The van der Waals surface area contributed by atoms with Crippen molar-refractivity contribution in [1.29, 1.82) is 0 Å². The van der Waals surface area contributed by atoms with Crippen LogP contribution in [0.25, 0.3) is 0 Å². The first kappa shape index (κ1) is 29.0. The molecule has 194 valence electrons. The number of imidazole rings is 1. The molecular formula is C19H28N6O10. The van der Waals surface area contributed by atoms with E-state index < -0.39 is 85.2 Å². The number of rotatable bonds is 15. The third-order valence-electron chi connectivity index (χ3n) is 4.67. The van der Waals surface area contributed by atoms with Crippen LogP contribution in [0, 0.1) is 0 Å². The molecule has 1 aromatic heterocycles. The van der Waals surface area contributed by atoms with Crippen molar-refractivity contribution in [2.24, 2.45) is 5.73 Å². The fourth-order valence-corrected chi connectivity index (χ4v) is 2.83. The Morgan fingerprint density at radius 2 is 1.60 bits per heavy atom. The number of carbonyl (C=O) groups excluding carboxylic acids is 3. The number of aliphatic carboxylic acids is 3. The number of hydrogen-bond donors (Lipinski definition) is 9. The van der Waals surface area contributed by atoms with Gasteiger partial charge in [-0.1, -0.05) is 0 Å². The van der Waals surface area contributed by atoms with Crippen LogP contribution in [-0.4, -0.2) is 96.3 Å². The van der Waals surface area contributed by atoms with Crippen LogP contribution in [0.2, 0.25) is 0 Å². The summed E-state index contributed by atoms with van der Waals surface area (Å²) in [6.07, 6.45) is -0.833. The Balaban J connectivity index is 2.98. The molecule has 0 aliphatic carbocycles. The summed E-state index contributed by atoms with van der Waals surface area (Å²) in [6, 6.07) is -6.21. The Morgan fingerprint density at radius 1 is 0.971 bits per heavy atom. The van der Waals surface area contributed by atoms with E-state index in [9.17, 15) is 39.0 Å². The summed E-state index contributed by atoms with van der Waals surface area (Å²) < 4.78 is 0. The molecule has 5 unspecified atom stereocenters. The largest absolute Gasteiger partial charge is 0.481 e. The molecule has 16 nitrogen and oxygen atoms in total. The van der Waals surface area contributed by atoms with Crippen molar-refractivity contribution in [3.8, 4) is 0 Å². The number of aromatic amines is 1. The van der Waals surface area contributed by atoms with Crippen molar-refractivity contribution in [2.75, 3.05) is 0 Å². The van der Waals surface area contributed by atoms with Gasteiger partial charge in [0.05, 0.1) is 24.9 Å². The van der Waals surface area contributed by atoms with Crippen molar-refractivity contribution in [3.63, 3.8) is 0 Å². The van der Waals surface area contributed by atoms with Crippen molar-refractivity contribution >= 4 is 35.6 Å². The number of aromatic nitrogens is 2. The maximum Gasteiger partial charge on any atom is 0.326 e. The molecule has 1 aromatic rings. The van der Waals surface area contributed by atoms with E-state index in [0.29, 0.717) is 5.69 Å². The average molecular weight is 500 g/mol. The summed E-state index contributed by atoms with van der Waals surface area (Å²) in [5.41, 5.74) is 5.83. The third kappa shape index (κ3) is 10.2. The fourth-order valence-electron chi connectivity index (χ4n) is 2.83. The molecule has 0 aromatic carbocycles. The fraction of sp³-hybridized carbons (Fsp3) is 0.526. The first-order valence-corrected chi connectivity index (χ1v) is 10.3. The number of H-pyrrole nitrogens is 1. The molecule has 3 amide bonds. The number of carboxylic acids is 3. The molecule has 0 fully saturated rings. The SMILES string of the molecule is CC(O)C(NC(=O)C(N)CC(=O)O)C(=O)NC(CCC(=O)O)C(=O)NC(Cc1cnc[nH]1)C(=O)O. The van der Waals surface area contributed by atoms with E-state index in [2.05, 4.69) is 25.9 Å². The summed E-state index contributed by atoms with van der Waals surface area (Å²) in [5, 5.41) is 43.5. The maximum absolute atomic E-state index is 12.7. The number of nitrogens with two attached hydrogens (primary N) is 1. The van der Waals surface area contributed by atoms with Gasteiger partial charge in [0.15, 0.2) is 0 Å². The molecule has 0 saturated heterocycles. The second-order valence-corrected chi connectivity index (χ2v) is 7.61. The van der Waals surface area contributed by atoms with Crippen LogP contribution in [0.15, 0.2) is 12.5 Å². The van der Waals surface area contributed by atoms with Crippen LogP contribution in [-0.2, 0) is 35.2 Å². The van der Waals surface area contributed by atoms with E-state index in [0.717, 1.165) is 6.92 Å². The second kappa shape index (κ2) is 13.6. The first-order valence-electron chi connectivity index (χ1n) is 10.3. The van der Waals surface area contributed by atoms with Gasteiger partial charge >= 0.3 is 17.9 Å². The van der Waals surface area contributed by atoms with Gasteiger partial charge < -0.3 is 47.1 Å². The molecule has 0 aliphatic rings. The van der Waals surface area contributed by atoms with E-state index in [1.54, 1.807) is 0 Å². The molecule has 0 saturated carbocycles. The molecule has 35 heavy (non-hydrogen) atoms.